The van der Waals surface area contributed by atoms with Crippen molar-refractivity contribution in [2.75, 3.05) is 13.2 Å². The third kappa shape index (κ3) is 35.2. The Balaban J connectivity index is 2.66. The van der Waals surface area contributed by atoms with Crippen LogP contribution < -0.4 is 0 Å². The SMILES string of the molecule is CCCCC/C=C\C/C=C\CCCCCCCCCCCC(=O)OC[C@H](COP(=O)(O)O[C@H]1C(O)C(O)C(O)[C@@H](OP(=O)(O)O)C1O)OC(=O)CCC[C@@H](O)\C=C/C=C/C=C/[C@@H](O)C/C=C\CCCCC. The van der Waals surface area contributed by atoms with Gasteiger partial charge >= 0.3 is 27.6 Å². The summed E-state index contributed by atoms with van der Waals surface area (Å²) in [6.07, 6.45) is 27.4. The Labute approximate surface area is 422 Å². The Morgan fingerprint density at radius 1 is 0.535 bits per heavy atom. The van der Waals surface area contributed by atoms with Gasteiger partial charge in [0, 0.05) is 12.8 Å². The van der Waals surface area contributed by atoms with Gasteiger partial charge in [0.2, 0.25) is 0 Å². The summed E-state index contributed by atoms with van der Waals surface area (Å²) < 4.78 is 49.3. The minimum Gasteiger partial charge on any atom is -0.462 e. The van der Waals surface area contributed by atoms with Crippen LogP contribution in [0, 0.1) is 0 Å². The molecule has 0 aromatic heterocycles. The molecule has 1 saturated carbocycles. The number of unbranched alkanes of at least 4 members (excludes halogenated alkanes) is 15. The summed E-state index contributed by atoms with van der Waals surface area (Å²) in [6.45, 7) is 2.83. The number of aliphatic hydroxyl groups excluding tert-OH is 6. The van der Waals surface area contributed by atoms with Gasteiger partial charge < -0.3 is 54.8 Å². The van der Waals surface area contributed by atoms with Crippen molar-refractivity contribution in [3.63, 3.8) is 0 Å². The van der Waals surface area contributed by atoms with Crippen molar-refractivity contribution in [2.45, 2.75) is 223 Å². The first kappa shape index (κ1) is 66.4. The molecule has 1 rings (SSSR count). The molecule has 1 fully saturated rings. The quantitative estimate of drug-likeness (QED) is 0.00912. The van der Waals surface area contributed by atoms with E-state index in [0.717, 1.165) is 70.6 Å². The Kier molecular flexibility index (Phi) is 38.1. The van der Waals surface area contributed by atoms with Crippen LogP contribution in [0.2, 0.25) is 0 Å². The summed E-state index contributed by atoms with van der Waals surface area (Å²) in [4.78, 5) is 54.4. The lowest BCUT2D eigenvalue weighted by atomic mass is 9.85. The molecule has 0 spiro atoms. The number of allylic oxidation sites excluding steroid dienone is 9. The zero-order valence-electron chi connectivity index (χ0n) is 42.1. The van der Waals surface area contributed by atoms with Gasteiger partial charge in [-0.05, 0) is 70.6 Å². The topological polar surface area (TPSA) is 296 Å². The normalized spacial score (nSPS) is 22.4. The standard InChI is InChI=1S/C51H88O18P2/c1-3-5-7-9-11-12-13-14-15-16-17-18-19-20-21-22-23-25-31-37-44(54)65-39-43(40-66-71(63,64)69-51-48(58)46(56)47(57)50(49(51)59)68-70(60,61)62)67-45(55)38-32-36-42(53)35-30-27-26-29-34-41(52)33-28-24-10-8-6-4-2/h11-12,14-15,24,26-30,34-35,41-43,46-53,56-59H,3-10,13,16-23,25,31-33,36-40H2,1-2H3,(H,63,64)(H2,60,61,62)/b12-11-,15-14-,27-26+,28-24-,34-29+,35-30-/t41-,42-,43+,46?,47?,48?,49?,50+,51-/m0/s1. The highest BCUT2D eigenvalue weighted by Gasteiger charge is 2.54. The zero-order valence-corrected chi connectivity index (χ0v) is 43.9. The molecule has 0 amide bonds. The number of rotatable bonds is 42. The highest BCUT2D eigenvalue weighted by molar-refractivity contribution is 7.47. The van der Waals surface area contributed by atoms with Crippen LogP contribution in [-0.4, -0.2) is 125 Å². The van der Waals surface area contributed by atoms with Crippen molar-refractivity contribution in [1.29, 1.82) is 0 Å². The van der Waals surface area contributed by atoms with Crippen molar-refractivity contribution in [1.82, 2.24) is 0 Å². The molecule has 410 valence electrons. The zero-order chi connectivity index (χ0) is 52.8. The summed E-state index contributed by atoms with van der Waals surface area (Å²) in [5.41, 5.74) is 0. The maximum absolute atomic E-state index is 13.0. The molecule has 10 atom stereocenters. The fourth-order valence-electron chi connectivity index (χ4n) is 7.37. The highest BCUT2D eigenvalue weighted by atomic mass is 31.2. The van der Waals surface area contributed by atoms with E-state index in [0.29, 0.717) is 12.8 Å². The van der Waals surface area contributed by atoms with Crippen molar-refractivity contribution < 1.29 is 87.1 Å². The van der Waals surface area contributed by atoms with E-state index in [2.05, 4.69) is 48.8 Å². The van der Waals surface area contributed by atoms with Crippen LogP contribution in [0.1, 0.15) is 168 Å². The summed E-state index contributed by atoms with van der Waals surface area (Å²) in [7, 11) is -10.8. The smallest absolute Gasteiger partial charge is 0.462 e. The molecule has 20 heteroatoms. The van der Waals surface area contributed by atoms with E-state index in [-0.39, 0.29) is 25.7 Å². The molecular weight excluding hydrogens is 962 g/mol. The number of phosphoric acid groups is 2. The van der Waals surface area contributed by atoms with E-state index in [1.807, 2.05) is 6.08 Å². The van der Waals surface area contributed by atoms with Crippen LogP contribution in [0.15, 0.2) is 72.9 Å². The van der Waals surface area contributed by atoms with Gasteiger partial charge in [-0.3, -0.25) is 23.2 Å². The maximum atomic E-state index is 13.0. The predicted octanol–water partition coefficient (Wildman–Crippen LogP) is 8.34. The Morgan fingerprint density at radius 2 is 1.03 bits per heavy atom. The van der Waals surface area contributed by atoms with E-state index >= 15 is 0 Å². The maximum Gasteiger partial charge on any atom is 0.472 e. The van der Waals surface area contributed by atoms with Gasteiger partial charge in [-0.25, -0.2) is 9.13 Å². The second-order valence-electron chi connectivity index (χ2n) is 17.9. The number of esters is 2. The molecule has 0 aromatic carbocycles. The van der Waals surface area contributed by atoms with Crippen LogP contribution in [0.25, 0.3) is 0 Å². The molecule has 5 unspecified atom stereocenters. The van der Waals surface area contributed by atoms with Gasteiger partial charge in [0.05, 0.1) is 18.8 Å². The summed E-state index contributed by atoms with van der Waals surface area (Å²) >= 11 is 0. The third-order valence-electron chi connectivity index (χ3n) is 11.4. The lowest BCUT2D eigenvalue weighted by Crippen LogP contribution is -2.64. The van der Waals surface area contributed by atoms with Crippen molar-refractivity contribution in [2.24, 2.45) is 0 Å². The number of hydrogen-bond acceptors (Lipinski definition) is 15. The van der Waals surface area contributed by atoms with E-state index in [1.54, 1.807) is 30.4 Å². The number of carbonyl (C=O) groups excluding carboxylic acids is 2. The van der Waals surface area contributed by atoms with Gasteiger partial charge in [-0.1, -0.05) is 157 Å². The lowest BCUT2D eigenvalue weighted by molar-refractivity contribution is -0.216. The molecule has 0 saturated heterocycles. The van der Waals surface area contributed by atoms with Crippen molar-refractivity contribution in [3.8, 4) is 0 Å². The minimum atomic E-state index is -5.40. The number of aliphatic hydroxyl groups is 6. The first-order valence-corrected chi connectivity index (χ1v) is 28.7. The fraction of sp³-hybridized carbons (Fsp3) is 0.725. The Hall–Kier alpha value is -2.64. The number of phosphoric ester groups is 2. The molecule has 0 radical (unpaired) electrons. The minimum absolute atomic E-state index is 0.0600. The monoisotopic (exact) mass is 1050 g/mol. The molecule has 0 aromatic rings. The summed E-state index contributed by atoms with van der Waals surface area (Å²) in [5.74, 6) is -1.45. The van der Waals surface area contributed by atoms with Gasteiger partial charge in [-0.15, -0.1) is 0 Å². The predicted molar refractivity (Wildman–Crippen MR) is 271 cm³/mol. The van der Waals surface area contributed by atoms with Gasteiger partial charge in [0.25, 0.3) is 0 Å². The van der Waals surface area contributed by atoms with E-state index in [1.165, 1.54) is 51.0 Å². The first-order valence-electron chi connectivity index (χ1n) is 25.7. The van der Waals surface area contributed by atoms with Crippen LogP contribution in [0.3, 0.4) is 0 Å². The lowest BCUT2D eigenvalue weighted by Gasteiger charge is -2.43. The molecule has 18 nitrogen and oxygen atoms in total. The van der Waals surface area contributed by atoms with E-state index in [9.17, 15) is 64.0 Å². The summed E-state index contributed by atoms with van der Waals surface area (Å²) in [6, 6.07) is 0. The van der Waals surface area contributed by atoms with E-state index in [4.69, 9.17) is 18.5 Å². The van der Waals surface area contributed by atoms with Gasteiger partial charge in [0.1, 0.15) is 43.2 Å². The Bertz CT molecular complexity index is 1680. The number of carbonyl (C=O) groups is 2. The largest absolute Gasteiger partial charge is 0.472 e. The molecule has 1 aliphatic carbocycles. The van der Waals surface area contributed by atoms with Gasteiger partial charge in [-0.2, -0.15) is 0 Å². The first-order chi connectivity index (χ1) is 33.9. The van der Waals surface area contributed by atoms with Gasteiger partial charge in [0.15, 0.2) is 6.10 Å². The molecule has 71 heavy (non-hydrogen) atoms. The van der Waals surface area contributed by atoms with Crippen molar-refractivity contribution in [3.05, 3.63) is 72.9 Å². The molecule has 0 heterocycles. The fourth-order valence-corrected chi connectivity index (χ4v) is 8.91. The Morgan fingerprint density at radius 3 is 1.59 bits per heavy atom. The average Bonchev–Trinajstić information content (AvgIpc) is 3.32. The number of ether oxygens (including phenoxy) is 2. The van der Waals surface area contributed by atoms with E-state index < -0.39 is 95.7 Å². The van der Waals surface area contributed by atoms with Crippen LogP contribution in [0.4, 0.5) is 0 Å². The van der Waals surface area contributed by atoms with Crippen LogP contribution >= 0.6 is 15.6 Å². The van der Waals surface area contributed by atoms with Crippen LogP contribution in [-0.2, 0) is 41.8 Å². The summed E-state index contributed by atoms with van der Waals surface area (Å²) in [5, 5.41) is 61.8. The number of hydrogen-bond donors (Lipinski definition) is 9. The third-order valence-corrected chi connectivity index (χ3v) is 12.9. The van der Waals surface area contributed by atoms with Crippen LogP contribution in [0.5, 0.6) is 0 Å². The molecular formula is C51H88O18P2. The molecule has 9 N–H and O–H groups in total. The second kappa shape index (κ2) is 40.7. The molecule has 0 bridgehead atoms. The molecule has 1 aliphatic rings. The van der Waals surface area contributed by atoms with Crippen molar-refractivity contribution >= 4 is 27.6 Å². The molecule has 0 aliphatic heterocycles. The highest BCUT2D eigenvalue weighted by Crippen LogP contribution is 2.49. The second-order valence-corrected chi connectivity index (χ2v) is 20.5. The average molecular weight is 1050 g/mol.